The van der Waals surface area contributed by atoms with Gasteiger partial charge < -0.3 is 10.1 Å². The van der Waals surface area contributed by atoms with Crippen molar-refractivity contribution >= 4 is 0 Å². The lowest BCUT2D eigenvalue weighted by atomic mass is 10.0. The highest BCUT2D eigenvalue weighted by Crippen LogP contribution is 2.33. The molecule has 3 rings (SSSR count). The highest BCUT2D eigenvalue weighted by atomic mass is 16.3. The van der Waals surface area contributed by atoms with E-state index in [1.165, 1.54) is 0 Å². The Balaban J connectivity index is 2.07. The third kappa shape index (κ3) is 2.33. The number of aromatic nitrogens is 2. The van der Waals surface area contributed by atoms with Gasteiger partial charge >= 0.3 is 0 Å². The predicted octanol–water partition coefficient (Wildman–Crippen LogP) is 3.11. The highest BCUT2D eigenvalue weighted by molar-refractivity contribution is 5.67. The molecule has 1 fully saturated rings. The summed E-state index contributed by atoms with van der Waals surface area (Å²) in [5.74, 6) is 0.739. The zero-order valence-corrected chi connectivity index (χ0v) is 11.5. The first kappa shape index (κ1) is 12.9. The Morgan fingerprint density at radius 1 is 1.30 bits per heavy atom. The zero-order chi connectivity index (χ0) is 14.1. The number of hydrogen-bond acceptors (Lipinski definition) is 3. The fraction of sp³-hybridized carbons (Fsp3) is 0.375. The number of aromatic amines is 1. The van der Waals surface area contributed by atoms with Crippen LogP contribution in [-0.2, 0) is 0 Å². The van der Waals surface area contributed by atoms with Crippen molar-refractivity contribution in [3.05, 3.63) is 46.0 Å². The maximum Gasteiger partial charge on any atom is 0.262 e. The topological polar surface area (TPSA) is 66.0 Å². The van der Waals surface area contributed by atoms with E-state index in [0.29, 0.717) is 11.4 Å². The van der Waals surface area contributed by atoms with E-state index in [4.69, 9.17) is 0 Å². The molecular weight excluding hydrogens is 252 g/mol. The molecule has 0 amide bonds. The molecule has 1 aromatic carbocycles. The van der Waals surface area contributed by atoms with Crippen molar-refractivity contribution in [3.63, 3.8) is 0 Å². The first-order valence-electron chi connectivity index (χ1n) is 7.05. The van der Waals surface area contributed by atoms with Crippen molar-refractivity contribution in [1.29, 1.82) is 0 Å². The monoisotopic (exact) mass is 270 g/mol. The van der Waals surface area contributed by atoms with E-state index >= 15 is 0 Å². The van der Waals surface area contributed by atoms with Crippen LogP contribution < -0.4 is 5.56 Å². The molecule has 0 saturated heterocycles. The molecule has 0 aliphatic heterocycles. The van der Waals surface area contributed by atoms with Gasteiger partial charge in [-0.05, 0) is 25.3 Å². The number of nitrogens with zero attached hydrogens (tertiary/aromatic N) is 1. The van der Waals surface area contributed by atoms with E-state index < -0.39 is 0 Å². The van der Waals surface area contributed by atoms with Gasteiger partial charge in [0.25, 0.3) is 5.56 Å². The predicted molar refractivity (Wildman–Crippen MR) is 77.9 cm³/mol. The maximum absolute atomic E-state index is 12.3. The molecule has 20 heavy (non-hydrogen) atoms. The van der Waals surface area contributed by atoms with Crippen LogP contribution in [0.3, 0.4) is 0 Å². The fourth-order valence-electron chi connectivity index (χ4n) is 2.93. The normalized spacial score (nSPS) is 15.7. The summed E-state index contributed by atoms with van der Waals surface area (Å²) < 4.78 is 0. The summed E-state index contributed by atoms with van der Waals surface area (Å²) in [5, 5.41) is 10.1. The molecule has 1 aliphatic carbocycles. The number of aryl methyl sites for hydroxylation is 1. The Hall–Kier alpha value is -2.10. The van der Waals surface area contributed by atoms with Crippen molar-refractivity contribution in [2.45, 2.75) is 38.5 Å². The van der Waals surface area contributed by atoms with Crippen LogP contribution in [0.25, 0.3) is 11.1 Å². The van der Waals surface area contributed by atoms with Crippen LogP contribution in [0.5, 0.6) is 5.88 Å². The highest BCUT2D eigenvalue weighted by Gasteiger charge is 2.22. The Kier molecular flexibility index (Phi) is 3.30. The van der Waals surface area contributed by atoms with Gasteiger partial charge in [0, 0.05) is 5.92 Å². The van der Waals surface area contributed by atoms with Crippen LogP contribution in [0.4, 0.5) is 0 Å². The maximum atomic E-state index is 12.3. The molecule has 0 unspecified atom stereocenters. The third-order valence-corrected chi connectivity index (χ3v) is 3.97. The van der Waals surface area contributed by atoms with Crippen molar-refractivity contribution in [1.82, 2.24) is 9.97 Å². The average molecular weight is 270 g/mol. The Morgan fingerprint density at radius 3 is 2.70 bits per heavy atom. The van der Waals surface area contributed by atoms with Gasteiger partial charge in [0.05, 0.1) is 0 Å². The number of hydrogen-bond donors (Lipinski definition) is 2. The molecule has 104 valence electrons. The second-order valence-corrected chi connectivity index (χ2v) is 5.50. The van der Waals surface area contributed by atoms with Gasteiger partial charge in [0.15, 0.2) is 0 Å². The lowest BCUT2D eigenvalue weighted by Gasteiger charge is -2.10. The van der Waals surface area contributed by atoms with Crippen LogP contribution in [0.2, 0.25) is 0 Å². The number of rotatable bonds is 2. The van der Waals surface area contributed by atoms with Gasteiger partial charge in [-0.25, -0.2) is 0 Å². The largest absolute Gasteiger partial charge is 0.493 e. The zero-order valence-electron chi connectivity index (χ0n) is 11.5. The minimum Gasteiger partial charge on any atom is -0.493 e. The SMILES string of the molecule is Cc1cccc(-c2c(O)nc(C3CCCC3)[nH]c2=O)c1. The summed E-state index contributed by atoms with van der Waals surface area (Å²) in [4.78, 5) is 19.3. The molecule has 0 bridgehead atoms. The summed E-state index contributed by atoms with van der Waals surface area (Å²) in [6.45, 7) is 1.95. The quantitative estimate of drug-likeness (QED) is 0.881. The van der Waals surface area contributed by atoms with E-state index in [2.05, 4.69) is 9.97 Å². The van der Waals surface area contributed by atoms with Crippen LogP contribution in [-0.4, -0.2) is 15.1 Å². The second kappa shape index (κ2) is 5.12. The van der Waals surface area contributed by atoms with Crippen molar-refractivity contribution < 1.29 is 5.11 Å². The smallest absolute Gasteiger partial charge is 0.262 e. The average Bonchev–Trinajstić information content (AvgIpc) is 2.91. The summed E-state index contributed by atoms with van der Waals surface area (Å²) in [7, 11) is 0. The first-order valence-corrected chi connectivity index (χ1v) is 7.05. The number of aromatic hydroxyl groups is 1. The lowest BCUT2D eigenvalue weighted by Crippen LogP contribution is -2.15. The summed E-state index contributed by atoms with van der Waals surface area (Å²) >= 11 is 0. The standard InChI is InChI=1S/C16H18N2O2/c1-10-5-4-8-12(9-10)13-15(19)17-14(18-16(13)20)11-6-2-3-7-11/h4-5,8-9,11H,2-3,6-7H2,1H3,(H2,17,18,19,20). The van der Waals surface area contributed by atoms with Gasteiger partial charge in [-0.3, -0.25) is 4.79 Å². The van der Waals surface area contributed by atoms with Crippen LogP contribution in [0, 0.1) is 6.92 Å². The summed E-state index contributed by atoms with van der Waals surface area (Å²) in [6.07, 6.45) is 4.39. The summed E-state index contributed by atoms with van der Waals surface area (Å²) in [6, 6.07) is 7.51. The van der Waals surface area contributed by atoms with Gasteiger partial charge in [-0.1, -0.05) is 42.7 Å². The van der Waals surface area contributed by atoms with Crippen molar-refractivity contribution in [2.24, 2.45) is 0 Å². The fourth-order valence-corrected chi connectivity index (χ4v) is 2.93. The molecule has 0 radical (unpaired) electrons. The van der Waals surface area contributed by atoms with Crippen molar-refractivity contribution in [3.8, 4) is 17.0 Å². The molecule has 2 aromatic rings. The number of nitrogens with one attached hydrogen (secondary N) is 1. The van der Waals surface area contributed by atoms with E-state index in [-0.39, 0.29) is 22.9 Å². The molecule has 4 heteroatoms. The summed E-state index contributed by atoms with van der Waals surface area (Å²) in [5.41, 5.74) is 1.75. The molecule has 4 nitrogen and oxygen atoms in total. The van der Waals surface area contributed by atoms with Gasteiger partial charge in [-0.15, -0.1) is 0 Å². The van der Waals surface area contributed by atoms with Crippen molar-refractivity contribution in [2.75, 3.05) is 0 Å². The minimum atomic E-state index is -0.259. The molecule has 1 heterocycles. The molecular formula is C16H18N2O2. The minimum absolute atomic E-state index is 0.166. The Morgan fingerprint density at radius 2 is 2.05 bits per heavy atom. The molecule has 1 aliphatic rings. The molecule has 1 saturated carbocycles. The molecule has 0 atom stereocenters. The van der Waals surface area contributed by atoms with Gasteiger partial charge in [0.2, 0.25) is 5.88 Å². The van der Waals surface area contributed by atoms with Gasteiger partial charge in [0.1, 0.15) is 11.4 Å². The molecule has 2 N–H and O–H groups in total. The van der Waals surface area contributed by atoms with Gasteiger partial charge in [-0.2, -0.15) is 4.98 Å². The van der Waals surface area contributed by atoms with E-state index in [1.807, 2.05) is 31.2 Å². The third-order valence-electron chi connectivity index (χ3n) is 3.97. The Bertz CT molecular complexity index is 685. The van der Waals surface area contributed by atoms with Crippen LogP contribution in [0.1, 0.15) is 43.0 Å². The van der Waals surface area contributed by atoms with Crippen LogP contribution in [0.15, 0.2) is 29.1 Å². The molecule has 0 spiro atoms. The Labute approximate surface area is 117 Å². The van der Waals surface area contributed by atoms with E-state index in [1.54, 1.807) is 0 Å². The van der Waals surface area contributed by atoms with E-state index in [0.717, 1.165) is 31.2 Å². The van der Waals surface area contributed by atoms with E-state index in [9.17, 15) is 9.90 Å². The number of benzene rings is 1. The number of H-pyrrole nitrogens is 1. The second-order valence-electron chi connectivity index (χ2n) is 5.50. The van der Waals surface area contributed by atoms with Crippen LogP contribution >= 0.6 is 0 Å². The molecule has 1 aromatic heterocycles. The first-order chi connectivity index (χ1) is 9.65. The lowest BCUT2D eigenvalue weighted by molar-refractivity contribution is 0.446.